The van der Waals surface area contributed by atoms with E-state index in [0.29, 0.717) is 0 Å². The van der Waals surface area contributed by atoms with E-state index in [9.17, 15) is 0 Å². The van der Waals surface area contributed by atoms with Gasteiger partial charge in [-0.25, -0.2) is 0 Å². The molecule has 0 radical (unpaired) electrons. The zero-order valence-corrected chi connectivity index (χ0v) is 11.0. The Morgan fingerprint density at radius 2 is 2.24 bits per heavy atom. The van der Waals surface area contributed by atoms with Gasteiger partial charge in [0.05, 0.1) is 5.69 Å². The van der Waals surface area contributed by atoms with Crippen LogP contribution in [0.4, 0.5) is 0 Å². The lowest BCUT2D eigenvalue weighted by atomic mass is 9.74. The van der Waals surface area contributed by atoms with Gasteiger partial charge >= 0.3 is 0 Å². The third-order valence-electron chi connectivity index (χ3n) is 4.60. The van der Waals surface area contributed by atoms with Gasteiger partial charge in [0.2, 0.25) is 0 Å². The maximum atomic E-state index is 4.46. The van der Waals surface area contributed by atoms with Gasteiger partial charge < -0.3 is 4.90 Å². The Labute approximate surface area is 104 Å². The number of likely N-dealkylation sites (tertiary alicyclic amines) is 1. The maximum Gasteiger partial charge on any atom is 0.0659 e. The van der Waals surface area contributed by atoms with E-state index in [4.69, 9.17) is 0 Å². The fourth-order valence-electron chi connectivity index (χ4n) is 3.63. The monoisotopic (exact) mass is 233 g/mol. The Kier molecular flexibility index (Phi) is 2.95. The molecule has 0 spiro atoms. The molecular formula is C14H23N3. The minimum atomic E-state index is 0.874. The minimum absolute atomic E-state index is 0.874. The first-order valence-corrected chi connectivity index (χ1v) is 7.03. The number of H-pyrrole nitrogens is 1. The largest absolute Gasteiger partial charge is 0.303 e. The summed E-state index contributed by atoms with van der Waals surface area (Å²) in [4.78, 5) is 2.65. The normalized spacial score (nSPS) is 28.8. The first kappa shape index (κ1) is 11.3. The van der Waals surface area contributed by atoms with Gasteiger partial charge in [0, 0.05) is 12.2 Å². The van der Waals surface area contributed by atoms with E-state index in [1.807, 2.05) is 0 Å². The summed E-state index contributed by atoms with van der Waals surface area (Å²) in [5, 5.41) is 7.63. The number of rotatable bonds is 2. The van der Waals surface area contributed by atoms with Crippen LogP contribution in [0, 0.1) is 18.8 Å². The molecule has 1 N–H and O–H groups in total. The van der Waals surface area contributed by atoms with E-state index >= 15 is 0 Å². The molecule has 3 nitrogen and oxygen atoms in total. The molecule has 0 bridgehead atoms. The van der Waals surface area contributed by atoms with Crippen molar-refractivity contribution in [1.82, 2.24) is 15.1 Å². The van der Waals surface area contributed by atoms with Crippen LogP contribution in [0.5, 0.6) is 0 Å². The molecule has 0 aromatic carbocycles. The predicted octanol–water partition coefficient (Wildman–Crippen LogP) is 2.16. The molecule has 0 unspecified atom stereocenters. The van der Waals surface area contributed by atoms with Crippen molar-refractivity contribution in [2.45, 2.75) is 39.5 Å². The molecule has 2 atom stereocenters. The highest BCUT2D eigenvalue weighted by Gasteiger charge is 2.34. The number of piperidine rings is 1. The average molecular weight is 233 g/mol. The zero-order chi connectivity index (χ0) is 11.8. The third-order valence-corrected chi connectivity index (χ3v) is 4.60. The number of aryl methyl sites for hydroxylation is 1. The molecule has 1 aromatic rings. The molecule has 0 amide bonds. The van der Waals surface area contributed by atoms with Crippen molar-refractivity contribution in [3.05, 3.63) is 17.0 Å². The molecule has 3 heteroatoms. The van der Waals surface area contributed by atoms with Gasteiger partial charge in [-0.3, -0.25) is 5.10 Å². The summed E-state index contributed by atoms with van der Waals surface area (Å²) in [7, 11) is 0. The quantitative estimate of drug-likeness (QED) is 0.849. The van der Waals surface area contributed by atoms with E-state index in [1.165, 1.54) is 62.3 Å². The van der Waals surface area contributed by atoms with Crippen LogP contribution in [-0.4, -0.2) is 34.7 Å². The number of nitrogens with zero attached hydrogens (tertiary/aromatic N) is 2. The number of hydrogen-bond acceptors (Lipinski definition) is 2. The zero-order valence-electron chi connectivity index (χ0n) is 11.0. The van der Waals surface area contributed by atoms with Crippen LogP contribution in [0.1, 0.15) is 36.7 Å². The highest BCUT2D eigenvalue weighted by Crippen LogP contribution is 2.35. The molecule has 3 rings (SSSR count). The number of fused-ring (bicyclic) bond motifs is 2. The summed E-state index contributed by atoms with van der Waals surface area (Å²) >= 11 is 0. The standard InChI is InChI=1S/C14H23N3/c1-3-5-17-6-4-11-8-14-13(7-12(11)9-17)10(2)15-16-14/h11-12H,3-9H2,1-2H3,(H,15,16)/t11-,12+/m1/s1. The van der Waals surface area contributed by atoms with E-state index < -0.39 is 0 Å². The second-order valence-electron chi connectivity index (χ2n) is 5.79. The van der Waals surface area contributed by atoms with Crippen molar-refractivity contribution >= 4 is 0 Å². The Morgan fingerprint density at radius 3 is 3.06 bits per heavy atom. The van der Waals surface area contributed by atoms with Gasteiger partial charge in [-0.1, -0.05) is 6.92 Å². The van der Waals surface area contributed by atoms with Gasteiger partial charge in [-0.15, -0.1) is 0 Å². The summed E-state index contributed by atoms with van der Waals surface area (Å²) in [6.45, 7) is 8.33. The summed E-state index contributed by atoms with van der Waals surface area (Å²) in [6, 6.07) is 0. The average Bonchev–Trinajstić information content (AvgIpc) is 2.69. The second-order valence-corrected chi connectivity index (χ2v) is 5.79. The molecular weight excluding hydrogens is 210 g/mol. The van der Waals surface area contributed by atoms with Crippen molar-refractivity contribution in [2.24, 2.45) is 11.8 Å². The Balaban J connectivity index is 1.75. The van der Waals surface area contributed by atoms with Gasteiger partial charge in [0.15, 0.2) is 0 Å². The third kappa shape index (κ3) is 2.01. The van der Waals surface area contributed by atoms with Gasteiger partial charge in [0.1, 0.15) is 0 Å². The first-order valence-electron chi connectivity index (χ1n) is 7.03. The van der Waals surface area contributed by atoms with E-state index in [0.717, 1.165) is 11.8 Å². The van der Waals surface area contributed by atoms with Gasteiger partial charge in [-0.2, -0.15) is 5.10 Å². The molecule has 1 aliphatic heterocycles. The van der Waals surface area contributed by atoms with E-state index in [-0.39, 0.29) is 0 Å². The Bertz CT molecular complexity index is 396. The molecule has 2 heterocycles. The maximum absolute atomic E-state index is 4.46. The summed E-state index contributed by atoms with van der Waals surface area (Å²) in [5.41, 5.74) is 4.17. The summed E-state index contributed by atoms with van der Waals surface area (Å²) in [5.74, 6) is 1.76. The summed E-state index contributed by atoms with van der Waals surface area (Å²) < 4.78 is 0. The highest BCUT2D eigenvalue weighted by molar-refractivity contribution is 5.28. The van der Waals surface area contributed by atoms with Crippen LogP contribution in [0.25, 0.3) is 0 Å². The van der Waals surface area contributed by atoms with Crippen LogP contribution >= 0.6 is 0 Å². The minimum Gasteiger partial charge on any atom is -0.303 e. The van der Waals surface area contributed by atoms with E-state index in [1.54, 1.807) is 0 Å². The molecule has 1 aliphatic carbocycles. The fourth-order valence-corrected chi connectivity index (χ4v) is 3.63. The van der Waals surface area contributed by atoms with Gasteiger partial charge in [-0.05, 0) is 63.1 Å². The van der Waals surface area contributed by atoms with Crippen LogP contribution < -0.4 is 0 Å². The molecule has 17 heavy (non-hydrogen) atoms. The molecule has 94 valence electrons. The lowest BCUT2D eigenvalue weighted by molar-refractivity contribution is 0.111. The number of aromatic amines is 1. The molecule has 1 aromatic heterocycles. The van der Waals surface area contributed by atoms with Crippen molar-refractivity contribution in [1.29, 1.82) is 0 Å². The Morgan fingerprint density at radius 1 is 1.35 bits per heavy atom. The van der Waals surface area contributed by atoms with E-state index in [2.05, 4.69) is 28.9 Å². The highest BCUT2D eigenvalue weighted by atomic mass is 15.1. The first-order chi connectivity index (χ1) is 8.28. The van der Waals surface area contributed by atoms with Gasteiger partial charge in [0.25, 0.3) is 0 Å². The molecule has 0 saturated carbocycles. The lowest BCUT2D eigenvalue weighted by Gasteiger charge is -2.41. The lowest BCUT2D eigenvalue weighted by Crippen LogP contribution is -2.44. The van der Waals surface area contributed by atoms with Crippen LogP contribution in [0.2, 0.25) is 0 Å². The topological polar surface area (TPSA) is 31.9 Å². The summed E-state index contributed by atoms with van der Waals surface area (Å²) in [6.07, 6.45) is 5.12. The van der Waals surface area contributed by atoms with Crippen molar-refractivity contribution < 1.29 is 0 Å². The predicted molar refractivity (Wildman–Crippen MR) is 69.1 cm³/mol. The molecule has 2 aliphatic rings. The number of nitrogens with one attached hydrogen (secondary N) is 1. The van der Waals surface area contributed by atoms with Crippen molar-refractivity contribution in [3.8, 4) is 0 Å². The SMILES string of the molecule is CCCN1CC[C@@H]2Cc3n[nH]c(C)c3C[C@H]2C1. The number of hydrogen-bond donors (Lipinski definition) is 1. The Hall–Kier alpha value is -0.830. The van der Waals surface area contributed by atoms with Crippen LogP contribution in [0.15, 0.2) is 0 Å². The number of aromatic nitrogens is 2. The molecule has 1 fully saturated rings. The van der Waals surface area contributed by atoms with Crippen LogP contribution in [-0.2, 0) is 12.8 Å². The molecule has 1 saturated heterocycles. The van der Waals surface area contributed by atoms with Crippen molar-refractivity contribution in [2.75, 3.05) is 19.6 Å². The van der Waals surface area contributed by atoms with Crippen molar-refractivity contribution in [3.63, 3.8) is 0 Å². The smallest absolute Gasteiger partial charge is 0.0659 e. The fraction of sp³-hybridized carbons (Fsp3) is 0.786. The van der Waals surface area contributed by atoms with Crippen LogP contribution in [0.3, 0.4) is 0 Å². The second kappa shape index (κ2) is 4.45.